The fourth-order valence-corrected chi connectivity index (χ4v) is 5.31. The predicted molar refractivity (Wildman–Crippen MR) is 126 cm³/mol. The summed E-state index contributed by atoms with van der Waals surface area (Å²) >= 11 is 0. The number of nitrogens with one attached hydrogen (secondary N) is 2. The molecule has 2 aliphatic heterocycles. The summed E-state index contributed by atoms with van der Waals surface area (Å²) in [5, 5.41) is 2.19. The van der Waals surface area contributed by atoms with Crippen molar-refractivity contribution in [1.82, 2.24) is 20.2 Å². The molecule has 2 fully saturated rings. The molecule has 0 saturated carbocycles. The smallest absolute Gasteiger partial charge is 0.269 e. The lowest BCUT2D eigenvalue weighted by molar-refractivity contribution is 0.0957. The molecule has 4 heterocycles. The first-order valence-electron chi connectivity index (χ1n) is 11.7. The van der Waals surface area contributed by atoms with Crippen LogP contribution in [0, 0.1) is 17.6 Å². The number of nitrogens with zero attached hydrogens (tertiary/aromatic N) is 3. The Morgan fingerprint density at radius 2 is 1.80 bits per heavy atom. The highest BCUT2D eigenvalue weighted by Gasteiger charge is 2.33. The SMILES string of the molecule is CNC(=O)c1ccc(N2CCC(N3CCC(c4cc5c(F)ccc(F)c5c(=O)[nH]4)C3)CC2)c(F)n1. The summed E-state index contributed by atoms with van der Waals surface area (Å²) < 4.78 is 42.9. The molecule has 2 aromatic heterocycles. The second kappa shape index (κ2) is 9.33. The number of pyridine rings is 2. The van der Waals surface area contributed by atoms with Crippen molar-refractivity contribution in [2.45, 2.75) is 31.2 Å². The van der Waals surface area contributed by atoms with Gasteiger partial charge in [-0.1, -0.05) is 0 Å². The van der Waals surface area contributed by atoms with Crippen LogP contribution in [0.2, 0.25) is 0 Å². The van der Waals surface area contributed by atoms with Crippen LogP contribution in [-0.2, 0) is 0 Å². The average Bonchev–Trinajstić information content (AvgIpc) is 3.36. The van der Waals surface area contributed by atoms with E-state index in [9.17, 15) is 22.8 Å². The third kappa shape index (κ3) is 4.38. The van der Waals surface area contributed by atoms with Crippen molar-refractivity contribution in [1.29, 1.82) is 0 Å². The highest BCUT2D eigenvalue weighted by Crippen LogP contribution is 2.32. The number of halogens is 3. The van der Waals surface area contributed by atoms with Gasteiger partial charge in [-0.3, -0.25) is 14.5 Å². The maximum Gasteiger partial charge on any atom is 0.269 e. The molecular weight excluding hydrogens is 459 g/mol. The second-order valence-corrected chi connectivity index (χ2v) is 9.16. The molecular formula is C25H26F3N5O2. The van der Waals surface area contributed by atoms with E-state index in [1.54, 1.807) is 12.1 Å². The van der Waals surface area contributed by atoms with Gasteiger partial charge >= 0.3 is 0 Å². The molecule has 2 aliphatic rings. The van der Waals surface area contributed by atoms with Crippen LogP contribution in [0.3, 0.4) is 0 Å². The molecule has 0 aliphatic carbocycles. The Morgan fingerprint density at radius 1 is 1.06 bits per heavy atom. The van der Waals surface area contributed by atoms with Gasteiger partial charge in [0, 0.05) is 49.7 Å². The molecule has 10 heteroatoms. The van der Waals surface area contributed by atoms with Crippen LogP contribution < -0.4 is 15.8 Å². The molecule has 3 aromatic rings. The number of likely N-dealkylation sites (tertiary alicyclic amines) is 1. The van der Waals surface area contributed by atoms with E-state index in [4.69, 9.17) is 0 Å². The van der Waals surface area contributed by atoms with E-state index in [0.29, 0.717) is 37.1 Å². The molecule has 5 rings (SSSR count). The number of hydrogen-bond donors (Lipinski definition) is 2. The van der Waals surface area contributed by atoms with E-state index < -0.39 is 29.0 Å². The van der Waals surface area contributed by atoms with Crippen molar-refractivity contribution in [2.24, 2.45) is 0 Å². The van der Waals surface area contributed by atoms with Crippen LogP contribution in [0.25, 0.3) is 10.8 Å². The molecule has 1 unspecified atom stereocenters. The van der Waals surface area contributed by atoms with Crippen molar-refractivity contribution in [3.63, 3.8) is 0 Å². The summed E-state index contributed by atoms with van der Waals surface area (Å²) in [5.41, 5.74) is 0.440. The van der Waals surface area contributed by atoms with Gasteiger partial charge in [-0.15, -0.1) is 0 Å². The number of piperidine rings is 1. The first-order chi connectivity index (χ1) is 16.9. The number of H-pyrrole nitrogens is 1. The van der Waals surface area contributed by atoms with E-state index in [1.807, 2.05) is 4.90 Å². The zero-order valence-electron chi connectivity index (χ0n) is 19.3. The van der Waals surface area contributed by atoms with Gasteiger partial charge in [0.1, 0.15) is 17.3 Å². The number of aromatic nitrogens is 2. The van der Waals surface area contributed by atoms with Crippen LogP contribution in [-0.4, -0.2) is 60.0 Å². The van der Waals surface area contributed by atoms with Gasteiger partial charge in [-0.05, 0) is 56.1 Å². The van der Waals surface area contributed by atoms with Gasteiger partial charge in [-0.2, -0.15) is 4.39 Å². The predicted octanol–water partition coefficient (Wildman–Crippen LogP) is 3.16. The first-order valence-corrected chi connectivity index (χ1v) is 11.7. The van der Waals surface area contributed by atoms with E-state index in [1.165, 1.54) is 13.1 Å². The number of carbonyl (C=O) groups excluding carboxylic acids is 1. The normalized spacial score (nSPS) is 19.4. The molecule has 0 spiro atoms. The summed E-state index contributed by atoms with van der Waals surface area (Å²) in [4.78, 5) is 35.0. The number of anilines is 1. The summed E-state index contributed by atoms with van der Waals surface area (Å²) in [6, 6.07) is 6.99. The molecule has 0 radical (unpaired) electrons. The number of benzene rings is 1. The van der Waals surface area contributed by atoms with Gasteiger partial charge < -0.3 is 15.2 Å². The van der Waals surface area contributed by atoms with Gasteiger partial charge in [0.15, 0.2) is 0 Å². The fraction of sp³-hybridized carbons (Fsp3) is 0.400. The minimum absolute atomic E-state index is 0.00795. The van der Waals surface area contributed by atoms with Gasteiger partial charge in [0.05, 0.1) is 11.1 Å². The van der Waals surface area contributed by atoms with Crippen LogP contribution in [0.5, 0.6) is 0 Å². The summed E-state index contributed by atoms with van der Waals surface area (Å²) in [6.45, 7) is 2.85. The molecule has 1 amide bonds. The van der Waals surface area contributed by atoms with E-state index in [-0.39, 0.29) is 22.4 Å². The Balaban J connectivity index is 1.25. The maximum atomic E-state index is 14.5. The number of carbonyl (C=O) groups is 1. The number of fused-ring (bicyclic) bond motifs is 1. The van der Waals surface area contributed by atoms with Crippen LogP contribution in [0.4, 0.5) is 18.9 Å². The Morgan fingerprint density at radius 3 is 2.51 bits per heavy atom. The van der Waals surface area contributed by atoms with Crippen molar-refractivity contribution in [3.05, 3.63) is 69.7 Å². The van der Waals surface area contributed by atoms with Crippen LogP contribution in [0.15, 0.2) is 35.1 Å². The maximum absolute atomic E-state index is 14.5. The van der Waals surface area contributed by atoms with Crippen molar-refractivity contribution < 1.29 is 18.0 Å². The van der Waals surface area contributed by atoms with E-state index in [2.05, 4.69) is 20.2 Å². The third-order valence-electron chi connectivity index (χ3n) is 7.20. The zero-order valence-corrected chi connectivity index (χ0v) is 19.3. The second-order valence-electron chi connectivity index (χ2n) is 9.16. The Labute approximate surface area is 200 Å². The lowest BCUT2D eigenvalue weighted by Gasteiger charge is -2.37. The van der Waals surface area contributed by atoms with Crippen molar-refractivity contribution in [2.75, 3.05) is 38.1 Å². The molecule has 2 N–H and O–H groups in total. The zero-order chi connectivity index (χ0) is 24.7. The quantitative estimate of drug-likeness (QED) is 0.555. The first kappa shape index (κ1) is 23.3. The van der Waals surface area contributed by atoms with Gasteiger partial charge in [0.25, 0.3) is 11.5 Å². The van der Waals surface area contributed by atoms with Crippen LogP contribution in [0.1, 0.15) is 41.4 Å². The lowest BCUT2D eigenvalue weighted by atomic mass is 10.0. The summed E-state index contributed by atoms with van der Waals surface area (Å²) in [6.07, 6.45) is 2.47. The Kier molecular flexibility index (Phi) is 6.22. The van der Waals surface area contributed by atoms with Crippen molar-refractivity contribution >= 4 is 22.4 Å². The van der Waals surface area contributed by atoms with Gasteiger partial charge in [-0.25, -0.2) is 13.8 Å². The number of aromatic amines is 1. The lowest BCUT2D eigenvalue weighted by Crippen LogP contribution is -2.44. The minimum atomic E-state index is -0.732. The Hall–Kier alpha value is -3.40. The Bertz CT molecular complexity index is 1340. The highest BCUT2D eigenvalue weighted by atomic mass is 19.1. The monoisotopic (exact) mass is 485 g/mol. The van der Waals surface area contributed by atoms with Gasteiger partial charge in [0.2, 0.25) is 5.95 Å². The minimum Gasteiger partial charge on any atom is -0.368 e. The number of amides is 1. The molecule has 2 saturated heterocycles. The fourth-order valence-electron chi connectivity index (χ4n) is 5.31. The molecule has 7 nitrogen and oxygen atoms in total. The topological polar surface area (TPSA) is 81.3 Å². The standard InChI is InChI=1S/C25H26F3N5O2/c1-29-24(34)19-4-5-21(23(28)30-19)32-10-7-15(8-11-32)33-9-6-14(13-33)20-12-16-17(26)2-3-18(27)22(16)25(35)31-20/h2-5,12,14-15H,6-11,13H2,1H3,(H,29,34)(H,31,35). The third-order valence-corrected chi connectivity index (χ3v) is 7.20. The van der Waals surface area contributed by atoms with Crippen LogP contribution >= 0.6 is 0 Å². The number of rotatable bonds is 4. The molecule has 35 heavy (non-hydrogen) atoms. The summed E-state index contributed by atoms with van der Waals surface area (Å²) in [7, 11) is 1.47. The highest BCUT2D eigenvalue weighted by molar-refractivity contribution is 5.92. The van der Waals surface area contributed by atoms with Crippen molar-refractivity contribution in [3.8, 4) is 0 Å². The van der Waals surface area contributed by atoms with E-state index in [0.717, 1.165) is 37.9 Å². The molecule has 184 valence electrons. The molecule has 1 aromatic carbocycles. The summed E-state index contributed by atoms with van der Waals surface area (Å²) in [5.74, 6) is -2.41. The molecule has 1 atom stereocenters. The molecule has 0 bridgehead atoms. The largest absolute Gasteiger partial charge is 0.368 e. The number of hydrogen-bond acceptors (Lipinski definition) is 5. The van der Waals surface area contributed by atoms with E-state index >= 15 is 0 Å². The average molecular weight is 486 g/mol.